The van der Waals surface area contributed by atoms with E-state index in [0.29, 0.717) is 5.75 Å². The second-order valence-electron chi connectivity index (χ2n) is 6.08. The van der Waals surface area contributed by atoms with E-state index in [2.05, 4.69) is 36.5 Å². The van der Waals surface area contributed by atoms with Crippen molar-refractivity contribution in [3.05, 3.63) is 58.7 Å². The molecule has 3 heteroatoms. The predicted molar refractivity (Wildman–Crippen MR) is 98.4 cm³/mol. The Morgan fingerprint density at radius 2 is 2.00 bits per heavy atom. The molecule has 0 heterocycles. The predicted octanol–water partition coefficient (Wildman–Crippen LogP) is 4.78. The van der Waals surface area contributed by atoms with Gasteiger partial charge in [0.2, 0.25) is 5.91 Å². The molecule has 0 radical (unpaired) electrons. The summed E-state index contributed by atoms with van der Waals surface area (Å²) in [5, 5.41) is 3.09. The highest BCUT2D eigenvalue weighted by atomic mass is 32.2. The standard InChI is InChI=1S/C20H23NOS/c1-3-15-7-4-6-14(2)20(15)21-19(22)13-23-18-11-10-16-8-5-9-17(16)12-18/h4,6-7,10-12H,3,5,8-9,13H2,1-2H3,(H,21,22). The van der Waals surface area contributed by atoms with Crippen molar-refractivity contribution in [2.45, 2.75) is 44.4 Å². The maximum atomic E-state index is 12.3. The molecular formula is C20H23NOS. The van der Waals surface area contributed by atoms with Gasteiger partial charge in [-0.1, -0.05) is 31.2 Å². The van der Waals surface area contributed by atoms with Crippen LogP contribution in [0.4, 0.5) is 5.69 Å². The van der Waals surface area contributed by atoms with Gasteiger partial charge in [0.15, 0.2) is 0 Å². The first kappa shape index (κ1) is 16.1. The lowest BCUT2D eigenvalue weighted by Gasteiger charge is -2.13. The maximum absolute atomic E-state index is 12.3. The molecule has 0 aliphatic heterocycles. The highest BCUT2D eigenvalue weighted by Crippen LogP contribution is 2.28. The topological polar surface area (TPSA) is 29.1 Å². The average molecular weight is 325 g/mol. The lowest BCUT2D eigenvalue weighted by Crippen LogP contribution is -2.16. The third-order valence-corrected chi connectivity index (χ3v) is 5.44. The molecule has 120 valence electrons. The molecule has 2 aromatic rings. The second-order valence-corrected chi connectivity index (χ2v) is 7.13. The Bertz CT molecular complexity index is 724. The van der Waals surface area contributed by atoms with Crippen LogP contribution in [0.2, 0.25) is 0 Å². The number of para-hydroxylation sites is 1. The summed E-state index contributed by atoms with van der Waals surface area (Å²) in [6.07, 6.45) is 4.57. The largest absolute Gasteiger partial charge is 0.325 e. The van der Waals surface area contributed by atoms with Crippen LogP contribution in [0.1, 0.15) is 35.6 Å². The third-order valence-electron chi connectivity index (χ3n) is 4.44. The van der Waals surface area contributed by atoms with Gasteiger partial charge >= 0.3 is 0 Å². The first-order valence-corrected chi connectivity index (χ1v) is 9.29. The zero-order valence-electron chi connectivity index (χ0n) is 13.8. The molecule has 2 aromatic carbocycles. The average Bonchev–Trinajstić information content (AvgIpc) is 3.02. The molecule has 0 aromatic heterocycles. The fourth-order valence-electron chi connectivity index (χ4n) is 3.16. The molecule has 0 fully saturated rings. The number of anilines is 1. The van der Waals surface area contributed by atoms with Crippen molar-refractivity contribution in [3.8, 4) is 0 Å². The number of benzene rings is 2. The van der Waals surface area contributed by atoms with Crippen LogP contribution in [0.25, 0.3) is 0 Å². The Hall–Kier alpha value is -1.74. The molecule has 0 bridgehead atoms. The molecule has 0 atom stereocenters. The minimum Gasteiger partial charge on any atom is -0.325 e. The molecule has 1 N–H and O–H groups in total. The Morgan fingerprint density at radius 1 is 1.17 bits per heavy atom. The Kier molecular flexibility index (Phi) is 5.06. The Morgan fingerprint density at radius 3 is 2.83 bits per heavy atom. The first-order valence-electron chi connectivity index (χ1n) is 8.30. The van der Waals surface area contributed by atoms with Crippen LogP contribution in [0, 0.1) is 6.92 Å². The van der Waals surface area contributed by atoms with Gasteiger partial charge in [-0.25, -0.2) is 0 Å². The fourth-order valence-corrected chi connectivity index (χ4v) is 3.92. The Balaban J connectivity index is 1.62. The molecular weight excluding hydrogens is 302 g/mol. The maximum Gasteiger partial charge on any atom is 0.234 e. The first-order chi connectivity index (χ1) is 11.2. The van der Waals surface area contributed by atoms with E-state index in [-0.39, 0.29) is 5.91 Å². The van der Waals surface area contributed by atoms with Crippen molar-refractivity contribution < 1.29 is 4.79 Å². The number of hydrogen-bond donors (Lipinski definition) is 1. The highest BCUT2D eigenvalue weighted by molar-refractivity contribution is 8.00. The quantitative estimate of drug-likeness (QED) is 0.802. The fraction of sp³-hybridized carbons (Fsp3) is 0.350. The summed E-state index contributed by atoms with van der Waals surface area (Å²) in [5.74, 6) is 0.524. The highest BCUT2D eigenvalue weighted by Gasteiger charge is 2.12. The van der Waals surface area contributed by atoms with Crippen LogP contribution in [0.3, 0.4) is 0 Å². The molecule has 0 unspecified atom stereocenters. The SMILES string of the molecule is CCc1cccc(C)c1NC(=O)CSc1ccc2c(c1)CCC2. The number of rotatable bonds is 5. The van der Waals surface area contributed by atoms with E-state index in [4.69, 9.17) is 0 Å². The number of carbonyl (C=O) groups excluding carboxylic acids is 1. The summed E-state index contributed by atoms with van der Waals surface area (Å²) in [6.45, 7) is 4.16. The number of aryl methyl sites for hydroxylation is 4. The molecule has 1 amide bonds. The zero-order chi connectivity index (χ0) is 16.2. The molecule has 3 rings (SSSR count). The van der Waals surface area contributed by atoms with Gasteiger partial charge in [-0.2, -0.15) is 0 Å². The van der Waals surface area contributed by atoms with Gasteiger partial charge in [-0.05, 0) is 67.0 Å². The number of hydrogen-bond acceptors (Lipinski definition) is 2. The summed E-state index contributed by atoms with van der Waals surface area (Å²) in [4.78, 5) is 13.5. The zero-order valence-corrected chi connectivity index (χ0v) is 14.6. The van der Waals surface area contributed by atoms with Crippen LogP contribution in [-0.2, 0) is 24.1 Å². The van der Waals surface area contributed by atoms with Gasteiger partial charge in [0.1, 0.15) is 0 Å². The van der Waals surface area contributed by atoms with Gasteiger partial charge in [-0.3, -0.25) is 4.79 Å². The van der Waals surface area contributed by atoms with Gasteiger partial charge in [0.05, 0.1) is 5.75 Å². The smallest absolute Gasteiger partial charge is 0.234 e. The van der Waals surface area contributed by atoms with Gasteiger partial charge in [-0.15, -0.1) is 11.8 Å². The molecule has 1 aliphatic rings. The van der Waals surface area contributed by atoms with E-state index in [1.165, 1.54) is 40.8 Å². The molecule has 23 heavy (non-hydrogen) atoms. The van der Waals surface area contributed by atoms with Crippen LogP contribution in [0.15, 0.2) is 41.3 Å². The molecule has 0 saturated carbocycles. The molecule has 0 saturated heterocycles. The monoisotopic (exact) mass is 325 g/mol. The lowest BCUT2D eigenvalue weighted by atomic mass is 10.1. The van der Waals surface area contributed by atoms with Crippen molar-refractivity contribution in [2.75, 3.05) is 11.1 Å². The number of nitrogens with one attached hydrogen (secondary N) is 1. The number of thioether (sulfide) groups is 1. The van der Waals surface area contributed by atoms with Gasteiger partial charge in [0.25, 0.3) is 0 Å². The summed E-state index contributed by atoms with van der Waals surface area (Å²) in [7, 11) is 0. The second kappa shape index (κ2) is 7.22. The van der Waals surface area contributed by atoms with E-state index < -0.39 is 0 Å². The van der Waals surface area contributed by atoms with Crippen molar-refractivity contribution in [1.82, 2.24) is 0 Å². The minimum atomic E-state index is 0.0690. The molecule has 2 nitrogen and oxygen atoms in total. The summed E-state index contributed by atoms with van der Waals surface area (Å²) < 4.78 is 0. The van der Waals surface area contributed by atoms with E-state index in [1.807, 2.05) is 19.1 Å². The minimum absolute atomic E-state index is 0.0690. The van der Waals surface area contributed by atoms with Crippen LogP contribution >= 0.6 is 11.8 Å². The summed E-state index contributed by atoms with van der Waals surface area (Å²) >= 11 is 1.62. The van der Waals surface area contributed by atoms with E-state index in [1.54, 1.807) is 11.8 Å². The summed E-state index contributed by atoms with van der Waals surface area (Å²) in [5.41, 5.74) is 6.24. The molecule has 0 spiro atoms. The normalized spacial score (nSPS) is 13.0. The van der Waals surface area contributed by atoms with Crippen molar-refractivity contribution in [1.29, 1.82) is 0 Å². The van der Waals surface area contributed by atoms with Gasteiger partial charge in [0, 0.05) is 10.6 Å². The van der Waals surface area contributed by atoms with Crippen LogP contribution < -0.4 is 5.32 Å². The van der Waals surface area contributed by atoms with E-state index in [9.17, 15) is 4.79 Å². The summed E-state index contributed by atoms with van der Waals surface area (Å²) in [6, 6.07) is 12.8. The van der Waals surface area contributed by atoms with Crippen LogP contribution in [0.5, 0.6) is 0 Å². The van der Waals surface area contributed by atoms with Crippen molar-refractivity contribution >= 4 is 23.4 Å². The number of carbonyl (C=O) groups is 1. The van der Waals surface area contributed by atoms with E-state index in [0.717, 1.165) is 17.7 Å². The van der Waals surface area contributed by atoms with Crippen LogP contribution in [-0.4, -0.2) is 11.7 Å². The van der Waals surface area contributed by atoms with Crippen molar-refractivity contribution in [2.24, 2.45) is 0 Å². The lowest BCUT2D eigenvalue weighted by molar-refractivity contribution is -0.113. The third kappa shape index (κ3) is 3.78. The Labute approximate surface area is 142 Å². The number of fused-ring (bicyclic) bond motifs is 1. The molecule has 1 aliphatic carbocycles. The van der Waals surface area contributed by atoms with Crippen molar-refractivity contribution in [3.63, 3.8) is 0 Å². The van der Waals surface area contributed by atoms with E-state index >= 15 is 0 Å². The van der Waals surface area contributed by atoms with Gasteiger partial charge < -0.3 is 5.32 Å². The number of amides is 1.